The van der Waals surface area contributed by atoms with E-state index in [1.54, 1.807) is 0 Å². The Morgan fingerprint density at radius 2 is 1.96 bits per heavy atom. The number of hydrogen-bond donors (Lipinski definition) is 0. The largest absolute Gasteiger partial charge is 0.454 e. The van der Waals surface area contributed by atoms with Crippen LogP contribution in [-0.2, 0) is 0 Å². The van der Waals surface area contributed by atoms with Crippen LogP contribution in [0, 0.1) is 5.92 Å². The van der Waals surface area contributed by atoms with Crippen LogP contribution in [0.25, 0.3) is 22.2 Å². The second kappa shape index (κ2) is 6.82. The van der Waals surface area contributed by atoms with Crippen molar-refractivity contribution in [1.29, 1.82) is 0 Å². The summed E-state index contributed by atoms with van der Waals surface area (Å²) in [7, 11) is 0. The van der Waals surface area contributed by atoms with E-state index in [0.29, 0.717) is 17.2 Å². The van der Waals surface area contributed by atoms with Crippen molar-refractivity contribution >= 4 is 16.8 Å². The first-order valence-electron chi connectivity index (χ1n) is 9.78. The van der Waals surface area contributed by atoms with Gasteiger partial charge in [0.1, 0.15) is 0 Å². The highest BCUT2D eigenvalue weighted by Crippen LogP contribution is 2.36. The molecule has 0 bridgehead atoms. The number of hydrogen-bond acceptors (Lipinski definition) is 4. The number of pyridine rings is 1. The molecule has 1 aromatic heterocycles. The van der Waals surface area contributed by atoms with E-state index in [1.807, 2.05) is 53.4 Å². The van der Waals surface area contributed by atoms with E-state index in [0.717, 1.165) is 47.4 Å². The number of nitrogens with zero attached hydrogens (tertiary/aromatic N) is 2. The van der Waals surface area contributed by atoms with Crippen molar-refractivity contribution in [2.24, 2.45) is 5.92 Å². The van der Waals surface area contributed by atoms with E-state index in [9.17, 15) is 4.79 Å². The molecule has 5 nitrogen and oxygen atoms in total. The van der Waals surface area contributed by atoms with Gasteiger partial charge in [-0.3, -0.25) is 4.79 Å². The Hall–Kier alpha value is -3.08. The fraction of sp³-hybridized carbons (Fsp3) is 0.304. The molecule has 2 aliphatic rings. The molecule has 1 amide bonds. The molecule has 1 fully saturated rings. The van der Waals surface area contributed by atoms with Crippen molar-refractivity contribution in [2.75, 3.05) is 19.9 Å². The van der Waals surface area contributed by atoms with Gasteiger partial charge in [-0.2, -0.15) is 0 Å². The molecule has 3 heterocycles. The van der Waals surface area contributed by atoms with Crippen molar-refractivity contribution in [3.8, 4) is 22.8 Å². The lowest BCUT2D eigenvalue weighted by molar-refractivity contribution is 0.0685. The van der Waals surface area contributed by atoms with Gasteiger partial charge in [0, 0.05) is 24.0 Å². The summed E-state index contributed by atoms with van der Waals surface area (Å²) in [4.78, 5) is 20.2. The van der Waals surface area contributed by atoms with E-state index in [4.69, 9.17) is 14.5 Å². The van der Waals surface area contributed by atoms with Crippen molar-refractivity contribution in [2.45, 2.75) is 19.8 Å². The molecule has 28 heavy (non-hydrogen) atoms. The quantitative estimate of drug-likeness (QED) is 0.663. The molecule has 1 atom stereocenters. The van der Waals surface area contributed by atoms with Gasteiger partial charge in [0.2, 0.25) is 6.79 Å². The second-order valence-corrected chi connectivity index (χ2v) is 7.64. The number of ether oxygens (including phenoxy) is 2. The van der Waals surface area contributed by atoms with Crippen LogP contribution in [0.4, 0.5) is 0 Å². The van der Waals surface area contributed by atoms with E-state index in [2.05, 4.69) is 6.92 Å². The normalized spacial score (nSPS) is 18.5. The molecule has 3 aromatic rings. The SMILES string of the molecule is CC1CCCN(C(=O)c2cc(-c3ccc4c(c3)OCO4)nc3ccccc23)C1. The number of fused-ring (bicyclic) bond motifs is 2. The number of carbonyl (C=O) groups is 1. The lowest BCUT2D eigenvalue weighted by atomic mass is 9.98. The predicted octanol–water partition coefficient (Wildman–Crippen LogP) is 4.50. The molecular weight excluding hydrogens is 352 g/mol. The number of para-hydroxylation sites is 1. The van der Waals surface area contributed by atoms with Crippen molar-refractivity contribution in [3.63, 3.8) is 0 Å². The topological polar surface area (TPSA) is 51.7 Å². The average molecular weight is 374 g/mol. The highest BCUT2D eigenvalue weighted by Gasteiger charge is 2.24. The minimum atomic E-state index is 0.0899. The number of amides is 1. The first-order valence-corrected chi connectivity index (χ1v) is 9.78. The summed E-state index contributed by atoms with van der Waals surface area (Å²) >= 11 is 0. The van der Waals surface area contributed by atoms with Gasteiger partial charge in [-0.05, 0) is 49.1 Å². The highest BCUT2D eigenvalue weighted by atomic mass is 16.7. The first-order chi connectivity index (χ1) is 13.7. The molecule has 5 rings (SSSR count). The standard InChI is InChI=1S/C23H22N2O3/c1-15-5-4-10-25(13-15)23(26)18-12-20(24-19-7-3-2-6-17(18)19)16-8-9-21-22(11-16)28-14-27-21/h2-3,6-9,11-12,15H,4-5,10,13-14H2,1H3. The van der Waals surface area contributed by atoms with Gasteiger partial charge in [-0.15, -0.1) is 0 Å². The maximum absolute atomic E-state index is 13.4. The summed E-state index contributed by atoms with van der Waals surface area (Å²) in [6.45, 7) is 4.08. The fourth-order valence-corrected chi connectivity index (χ4v) is 4.10. The Kier molecular flexibility index (Phi) is 4.15. The summed E-state index contributed by atoms with van der Waals surface area (Å²) in [5.74, 6) is 2.08. The lowest BCUT2D eigenvalue weighted by Crippen LogP contribution is -2.39. The van der Waals surface area contributed by atoms with Gasteiger partial charge < -0.3 is 14.4 Å². The Labute approximate surface area is 163 Å². The molecule has 2 aromatic carbocycles. The van der Waals surface area contributed by atoms with Gasteiger partial charge in [0.25, 0.3) is 5.91 Å². The summed E-state index contributed by atoms with van der Waals surface area (Å²) in [6.07, 6.45) is 2.24. The van der Waals surface area contributed by atoms with Crippen molar-refractivity contribution in [3.05, 3.63) is 54.1 Å². The summed E-state index contributed by atoms with van der Waals surface area (Å²) in [5, 5.41) is 0.898. The Morgan fingerprint density at radius 3 is 2.86 bits per heavy atom. The minimum Gasteiger partial charge on any atom is -0.454 e. The molecule has 0 N–H and O–H groups in total. The molecule has 142 valence electrons. The van der Waals surface area contributed by atoms with Gasteiger partial charge >= 0.3 is 0 Å². The minimum absolute atomic E-state index is 0.0899. The molecule has 0 spiro atoms. The molecule has 2 aliphatic heterocycles. The van der Waals surface area contributed by atoms with Crippen molar-refractivity contribution in [1.82, 2.24) is 9.88 Å². The zero-order valence-electron chi connectivity index (χ0n) is 15.9. The monoisotopic (exact) mass is 374 g/mol. The zero-order valence-corrected chi connectivity index (χ0v) is 15.9. The van der Waals surface area contributed by atoms with E-state index in [1.165, 1.54) is 6.42 Å². The van der Waals surface area contributed by atoms with Gasteiger partial charge in [0.15, 0.2) is 11.5 Å². The van der Waals surface area contributed by atoms with Crippen LogP contribution in [0.2, 0.25) is 0 Å². The van der Waals surface area contributed by atoms with Crippen LogP contribution < -0.4 is 9.47 Å². The van der Waals surface area contributed by atoms with E-state index in [-0.39, 0.29) is 12.7 Å². The molecular formula is C23H22N2O3. The van der Waals surface area contributed by atoms with E-state index >= 15 is 0 Å². The second-order valence-electron chi connectivity index (χ2n) is 7.64. The Bertz CT molecular complexity index is 1060. The predicted molar refractivity (Wildman–Crippen MR) is 108 cm³/mol. The molecule has 0 saturated carbocycles. The molecule has 5 heteroatoms. The van der Waals surface area contributed by atoms with Crippen molar-refractivity contribution < 1.29 is 14.3 Å². The summed E-state index contributed by atoms with van der Waals surface area (Å²) in [6, 6.07) is 15.5. The number of benzene rings is 2. The lowest BCUT2D eigenvalue weighted by Gasteiger charge is -2.31. The maximum Gasteiger partial charge on any atom is 0.254 e. The summed E-state index contributed by atoms with van der Waals surface area (Å²) < 4.78 is 10.9. The van der Waals surface area contributed by atoms with Crippen LogP contribution in [0.1, 0.15) is 30.1 Å². The molecule has 0 aliphatic carbocycles. The number of carbonyl (C=O) groups excluding carboxylic acids is 1. The van der Waals surface area contributed by atoms with Crippen LogP contribution >= 0.6 is 0 Å². The highest BCUT2D eigenvalue weighted by molar-refractivity contribution is 6.07. The molecule has 1 unspecified atom stereocenters. The number of piperidine rings is 1. The maximum atomic E-state index is 13.4. The molecule has 1 saturated heterocycles. The van der Waals surface area contributed by atoms with Gasteiger partial charge in [-0.25, -0.2) is 4.98 Å². The third-order valence-corrected chi connectivity index (χ3v) is 5.56. The van der Waals surface area contributed by atoms with Crippen LogP contribution in [-0.4, -0.2) is 35.7 Å². The third-order valence-electron chi connectivity index (χ3n) is 5.56. The number of likely N-dealkylation sites (tertiary alicyclic amines) is 1. The Balaban J connectivity index is 1.61. The molecule has 0 radical (unpaired) electrons. The average Bonchev–Trinajstić information content (AvgIpc) is 3.20. The number of aromatic nitrogens is 1. The number of rotatable bonds is 2. The summed E-state index contributed by atoms with van der Waals surface area (Å²) in [5.41, 5.74) is 3.22. The smallest absolute Gasteiger partial charge is 0.254 e. The van der Waals surface area contributed by atoms with Crippen LogP contribution in [0.5, 0.6) is 11.5 Å². The zero-order chi connectivity index (χ0) is 19.1. The Morgan fingerprint density at radius 1 is 1.11 bits per heavy atom. The fourth-order valence-electron chi connectivity index (χ4n) is 4.10. The van der Waals surface area contributed by atoms with Crippen LogP contribution in [0.15, 0.2) is 48.5 Å². The van der Waals surface area contributed by atoms with E-state index < -0.39 is 0 Å². The van der Waals surface area contributed by atoms with Gasteiger partial charge in [-0.1, -0.05) is 25.1 Å². The van der Waals surface area contributed by atoms with Crippen LogP contribution in [0.3, 0.4) is 0 Å². The third kappa shape index (κ3) is 2.97. The first kappa shape index (κ1) is 17.0. The van der Waals surface area contributed by atoms with Gasteiger partial charge in [0.05, 0.1) is 16.8 Å².